The lowest BCUT2D eigenvalue weighted by atomic mass is 10.3. The van der Waals surface area contributed by atoms with E-state index in [4.69, 9.17) is 4.42 Å². The summed E-state index contributed by atoms with van der Waals surface area (Å²) in [4.78, 5) is 6.80. The number of aromatic nitrogens is 1. The number of nitrogens with zero attached hydrogens (tertiary/aromatic N) is 1. The first-order chi connectivity index (χ1) is 7.74. The van der Waals surface area contributed by atoms with Gasteiger partial charge in [0.05, 0.1) is 17.1 Å². The molecule has 1 atom stereocenters. The highest BCUT2D eigenvalue weighted by Gasteiger charge is 2.12. The van der Waals surface area contributed by atoms with Gasteiger partial charge in [0.2, 0.25) is 5.89 Å². The molecule has 0 aromatic carbocycles. The molecule has 0 saturated heterocycles. The summed E-state index contributed by atoms with van der Waals surface area (Å²) in [7, 11) is 1.90. The third kappa shape index (κ3) is 2.18. The van der Waals surface area contributed by atoms with Crippen molar-refractivity contribution in [2.45, 2.75) is 26.3 Å². The topological polar surface area (TPSA) is 38.1 Å². The summed E-state index contributed by atoms with van der Waals surface area (Å²) in [6, 6.07) is 4.39. The molecule has 0 bridgehead atoms. The second-order valence-corrected chi connectivity index (χ2v) is 4.86. The number of rotatable bonds is 4. The molecule has 0 spiro atoms. The van der Waals surface area contributed by atoms with Crippen LogP contribution >= 0.6 is 11.3 Å². The van der Waals surface area contributed by atoms with Crippen LogP contribution in [0.15, 0.2) is 22.7 Å². The molecule has 0 aliphatic rings. The summed E-state index contributed by atoms with van der Waals surface area (Å²) in [5, 5.41) is 3.11. The van der Waals surface area contributed by atoms with Gasteiger partial charge in [0.15, 0.2) is 5.76 Å². The Morgan fingerprint density at radius 2 is 2.31 bits per heavy atom. The lowest BCUT2D eigenvalue weighted by Gasteiger charge is -2.03. The number of aryl methyl sites for hydroxylation is 1. The molecule has 1 unspecified atom stereocenters. The van der Waals surface area contributed by atoms with E-state index in [2.05, 4.69) is 29.4 Å². The largest absolute Gasteiger partial charge is 0.438 e. The highest BCUT2D eigenvalue weighted by atomic mass is 32.1. The Labute approximate surface area is 99.5 Å². The third-order valence-electron chi connectivity index (χ3n) is 2.58. The first kappa shape index (κ1) is 11.4. The van der Waals surface area contributed by atoms with E-state index in [0.717, 1.165) is 22.9 Å². The van der Waals surface area contributed by atoms with Gasteiger partial charge in [-0.15, -0.1) is 11.3 Å². The molecule has 1 N–H and O–H groups in total. The minimum absolute atomic E-state index is 0.152. The van der Waals surface area contributed by atoms with Gasteiger partial charge in [-0.2, -0.15) is 0 Å². The van der Waals surface area contributed by atoms with Gasteiger partial charge in [-0.25, -0.2) is 4.98 Å². The van der Waals surface area contributed by atoms with Gasteiger partial charge in [-0.3, -0.25) is 0 Å². The lowest BCUT2D eigenvalue weighted by Crippen LogP contribution is -2.12. The van der Waals surface area contributed by atoms with Crippen LogP contribution in [-0.2, 0) is 6.42 Å². The van der Waals surface area contributed by atoms with Crippen LogP contribution in [0.2, 0.25) is 0 Å². The van der Waals surface area contributed by atoms with E-state index < -0.39 is 0 Å². The molecule has 86 valence electrons. The summed E-state index contributed by atoms with van der Waals surface area (Å²) >= 11 is 1.76. The van der Waals surface area contributed by atoms with Crippen LogP contribution in [0.25, 0.3) is 10.6 Å². The monoisotopic (exact) mass is 236 g/mol. The minimum Gasteiger partial charge on any atom is -0.438 e. The highest BCUT2D eigenvalue weighted by Crippen LogP contribution is 2.29. The van der Waals surface area contributed by atoms with Gasteiger partial charge >= 0.3 is 0 Å². The smallest absolute Gasteiger partial charge is 0.211 e. The van der Waals surface area contributed by atoms with Gasteiger partial charge in [-0.1, -0.05) is 6.92 Å². The van der Waals surface area contributed by atoms with E-state index in [1.54, 1.807) is 17.5 Å². The van der Waals surface area contributed by atoms with Crippen LogP contribution in [0.3, 0.4) is 0 Å². The molecule has 16 heavy (non-hydrogen) atoms. The van der Waals surface area contributed by atoms with E-state index in [1.807, 2.05) is 14.0 Å². The molecule has 3 nitrogen and oxygen atoms in total. The molecular weight excluding hydrogens is 220 g/mol. The molecule has 0 fully saturated rings. The minimum atomic E-state index is 0.152. The van der Waals surface area contributed by atoms with Crippen molar-refractivity contribution >= 4 is 11.3 Å². The second-order valence-electron chi connectivity index (χ2n) is 3.69. The molecule has 2 aromatic rings. The Bertz CT molecular complexity index is 461. The number of oxazole rings is 1. The number of hydrogen-bond acceptors (Lipinski definition) is 4. The first-order valence-electron chi connectivity index (χ1n) is 5.46. The zero-order valence-corrected chi connectivity index (χ0v) is 10.6. The van der Waals surface area contributed by atoms with Crippen molar-refractivity contribution < 1.29 is 4.42 Å². The average molecular weight is 236 g/mol. The van der Waals surface area contributed by atoms with Crippen LogP contribution in [0, 0.1) is 0 Å². The maximum atomic E-state index is 5.72. The van der Waals surface area contributed by atoms with Crippen molar-refractivity contribution in [2.75, 3.05) is 7.05 Å². The summed E-state index contributed by atoms with van der Waals surface area (Å²) < 4.78 is 5.72. The number of thiophene rings is 1. The molecule has 0 aliphatic heterocycles. The van der Waals surface area contributed by atoms with E-state index in [0.29, 0.717) is 0 Å². The van der Waals surface area contributed by atoms with Crippen molar-refractivity contribution in [3.63, 3.8) is 0 Å². The van der Waals surface area contributed by atoms with E-state index >= 15 is 0 Å². The number of hydrogen-bond donors (Lipinski definition) is 1. The van der Waals surface area contributed by atoms with Crippen molar-refractivity contribution in [3.8, 4) is 10.6 Å². The molecule has 0 aliphatic carbocycles. The van der Waals surface area contributed by atoms with Gasteiger partial charge in [-0.05, 0) is 32.5 Å². The fraction of sp³-hybridized carbons (Fsp3) is 0.417. The van der Waals surface area contributed by atoms with Crippen molar-refractivity contribution in [2.24, 2.45) is 0 Å². The quantitative estimate of drug-likeness (QED) is 0.885. The Morgan fingerprint density at radius 3 is 2.94 bits per heavy atom. The Hall–Kier alpha value is -1.13. The van der Waals surface area contributed by atoms with Crippen molar-refractivity contribution in [1.82, 2.24) is 10.3 Å². The second kappa shape index (κ2) is 4.80. The zero-order chi connectivity index (χ0) is 11.5. The fourth-order valence-corrected chi connectivity index (χ4v) is 2.32. The van der Waals surface area contributed by atoms with Crippen LogP contribution in [0.5, 0.6) is 0 Å². The maximum Gasteiger partial charge on any atom is 0.211 e. The summed E-state index contributed by atoms with van der Waals surface area (Å²) in [5.74, 6) is 1.60. The Balaban J connectivity index is 2.24. The SMILES string of the molecule is CCc1ccc(-c2cnc(C(C)NC)o2)s1. The van der Waals surface area contributed by atoms with Crippen LogP contribution in [-0.4, -0.2) is 12.0 Å². The highest BCUT2D eigenvalue weighted by molar-refractivity contribution is 7.15. The summed E-state index contributed by atoms with van der Waals surface area (Å²) in [5.41, 5.74) is 0. The third-order valence-corrected chi connectivity index (χ3v) is 3.82. The van der Waals surface area contributed by atoms with Crippen molar-refractivity contribution in [1.29, 1.82) is 0 Å². The first-order valence-corrected chi connectivity index (χ1v) is 6.28. The normalized spacial score (nSPS) is 12.9. The van der Waals surface area contributed by atoms with Crippen LogP contribution < -0.4 is 5.32 Å². The molecule has 2 heterocycles. The predicted molar refractivity (Wildman–Crippen MR) is 66.7 cm³/mol. The fourth-order valence-electron chi connectivity index (χ4n) is 1.43. The standard InChI is InChI=1S/C12H16N2OS/c1-4-9-5-6-11(16-9)10-7-14-12(15-10)8(2)13-3/h5-8,13H,4H2,1-3H3. The summed E-state index contributed by atoms with van der Waals surface area (Å²) in [6.07, 6.45) is 2.87. The predicted octanol–water partition coefficient (Wildman–Crippen LogP) is 3.25. The summed E-state index contributed by atoms with van der Waals surface area (Å²) in [6.45, 7) is 4.19. The van der Waals surface area contributed by atoms with Gasteiger partial charge in [0.25, 0.3) is 0 Å². The maximum absolute atomic E-state index is 5.72. The van der Waals surface area contributed by atoms with Crippen LogP contribution in [0.4, 0.5) is 0 Å². The van der Waals surface area contributed by atoms with Gasteiger partial charge in [0.1, 0.15) is 0 Å². The molecule has 0 radical (unpaired) electrons. The van der Waals surface area contributed by atoms with Gasteiger partial charge < -0.3 is 9.73 Å². The molecule has 4 heteroatoms. The Morgan fingerprint density at radius 1 is 1.50 bits per heavy atom. The molecular formula is C12H16N2OS. The average Bonchev–Trinajstić information content (AvgIpc) is 2.95. The van der Waals surface area contributed by atoms with E-state index in [9.17, 15) is 0 Å². The van der Waals surface area contributed by atoms with E-state index in [-0.39, 0.29) is 6.04 Å². The molecule has 0 saturated carbocycles. The van der Waals surface area contributed by atoms with E-state index in [1.165, 1.54) is 4.88 Å². The zero-order valence-electron chi connectivity index (χ0n) is 9.78. The molecule has 0 amide bonds. The lowest BCUT2D eigenvalue weighted by molar-refractivity contribution is 0.442. The van der Waals surface area contributed by atoms with Gasteiger partial charge in [0, 0.05) is 4.88 Å². The molecule has 2 aromatic heterocycles. The number of nitrogens with one attached hydrogen (secondary N) is 1. The van der Waals surface area contributed by atoms with Crippen LogP contribution in [0.1, 0.15) is 30.7 Å². The van der Waals surface area contributed by atoms with Crippen molar-refractivity contribution in [3.05, 3.63) is 29.1 Å². The Kier molecular flexibility index (Phi) is 3.41. The molecule has 2 rings (SSSR count).